The minimum atomic E-state index is 0.172. The molecule has 0 aromatic rings. The number of hydrogen-bond donors (Lipinski definition) is 2. The second-order valence-corrected chi connectivity index (χ2v) is 5.41. The molecule has 0 radical (unpaired) electrons. The van der Waals surface area contributed by atoms with Gasteiger partial charge in [-0.25, -0.2) is 0 Å². The molecule has 3 heteroatoms. The largest absolute Gasteiger partial charge is 0.352 e. The Morgan fingerprint density at radius 3 is 2.44 bits per heavy atom. The zero-order chi connectivity index (χ0) is 11.4. The molecule has 2 aliphatic carbocycles. The Kier molecular flexibility index (Phi) is 4.22. The van der Waals surface area contributed by atoms with Gasteiger partial charge in [-0.15, -0.1) is 0 Å². The van der Waals surface area contributed by atoms with Crippen molar-refractivity contribution in [3.8, 4) is 0 Å². The molecule has 1 unspecified atom stereocenters. The molecule has 0 saturated heterocycles. The molecule has 1 atom stereocenters. The van der Waals surface area contributed by atoms with Gasteiger partial charge in [-0.2, -0.15) is 0 Å². The molecule has 3 nitrogen and oxygen atoms in total. The maximum Gasteiger partial charge on any atom is 0.234 e. The Balaban J connectivity index is 1.59. The third-order valence-corrected chi connectivity index (χ3v) is 4.15. The SMILES string of the molecule is CC(NC(=O)CNC1CCCC1)C1CCC1. The van der Waals surface area contributed by atoms with Gasteiger partial charge in [-0.3, -0.25) is 4.79 Å². The Morgan fingerprint density at radius 1 is 1.19 bits per heavy atom. The molecule has 92 valence electrons. The van der Waals surface area contributed by atoms with Crippen molar-refractivity contribution in [1.29, 1.82) is 0 Å². The third kappa shape index (κ3) is 3.21. The summed E-state index contributed by atoms with van der Waals surface area (Å²) in [5.74, 6) is 0.904. The lowest BCUT2D eigenvalue weighted by Crippen LogP contribution is -2.45. The highest BCUT2D eigenvalue weighted by Crippen LogP contribution is 2.29. The zero-order valence-electron chi connectivity index (χ0n) is 10.3. The first kappa shape index (κ1) is 11.9. The van der Waals surface area contributed by atoms with E-state index in [-0.39, 0.29) is 5.91 Å². The van der Waals surface area contributed by atoms with Crippen LogP contribution in [-0.2, 0) is 4.79 Å². The van der Waals surface area contributed by atoms with E-state index in [1.165, 1.54) is 44.9 Å². The Bertz CT molecular complexity index is 232. The fourth-order valence-corrected chi connectivity index (χ4v) is 2.73. The van der Waals surface area contributed by atoms with Crippen LogP contribution in [0.25, 0.3) is 0 Å². The van der Waals surface area contributed by atoms with Gasteiger partial charge in [-0.05, 0) is 38.5 Å². The van der Waals surface area contributed by atoms with Crippen LogP contribution < -0.4 is 10.6 Å². The van der Waals surface area contributed by atoms with E-state index in [0.29, 0.717) is 18.6 Å². The molecule has 2 fully saturated rings. The maximum atomic E-state index is 11.7. The highest BCUT2D eigenvalue weighted by Gasteiger charge is 2.25. The summed E-state index contributed by atoms with van der Waals surface area (Å²) >= 11 is 0. The van der Waals surface area contributed by atoms with Gasteiger partial charge >= 0.3 is 0 Å². The van der Waals surface area contributed by atoms with E-state index in [0.717, 1.165) is 5.92 Å². The highest BCUT2D eigenvalue weighted by molar-refractivity contribution is 5.78. The Hall–Kier alpha value is -0.570. The standard InChI is InChI=1S/C13H24N2O/c1-10(11-5-4-6-11)15-13(16)9-14-12-7-2-3-8-12/h10-12,14H,2-9H2,1H3,(H,15,16). The van der Waals surface area contributed by atoms with Crippen molar-refractivity contribution in [3.05, 3.63) is 0 Å². The summed E-state index contributed by atoms with van der Waals surface area (Å²) in [6, 6.07) is 0.955. The number of rotatable bonds is 5. The van der Waals surface area contributed by atoms with Gasteiger partial charge < -0.3 is 10.6 Å². The summed E-state index contributed by atoms with van der Waals surface area (Å²) in [5.41, 5.74) is 0. The molecule has 2 N–H and O–H groups in total. The molecule has 0 aromatic heterocycles. The molecule has 2 rings (SSSR count). The molecule has 0 bridgehead atoms. The van der Waals surface area contributed by atoms with E-state index < -0.39 is 0 Å². The lowest BCUT2D eigenvalue weighted by molar-refractivity contribution is -0.121. The minimum Gasteiger partial charge on any atom is -0.352 e. The number of hydrogen-bond acceptors (Lipinski definition) is 2. The van der Waals surface area contributed by atoms with Crippen molar-refractivity contribution < 1.29 is 4.79 Å². The summed E-state index contributed by atoms with van der Waals surface area (Å²) in [6.45, 7) is 2.64. The topological polar surface area (TPSA) is 41.1 Å². The number of amides is 1. The predicted octanol–water partition coefficient (Wildman–Crippen LogP) is 1.82. The summed E-state index contributed by atoms with van der Waals surface area (Å²) in [4.78, 5) is 11.7. The summed E-state index contributed by atoms with van der Waals surface area (Å²) < 4.78 is 0. The van der Waals surface area contributed by atoms with Gasteiger partial charge in [0.2, 0.25) is 5.91 Å². The molecular formula is C13H24N2O. The van der Waals surface area contributed by atoms with Crippen LogP contribution >= 0.6 is 0 Å². The average Bonchev–Trinajstić information content (AvgIpc) is 2.63. The summed E-state index contributed by atoms with van der Waals surface area (Å²) in [5, 5.41) is 6.45. The molecule has 0 aliphatic heterocycles. The molecule has 0 spiro atoms. The van der Waals surface area contributed by atoms with E-state index >= 15 is 0 Å². The fraction of sp³-hybridized carbons (Fsp3) is 0.923. The quantitative estimate of drug-likeness (QED) is 0.748. The van der Waals surface area contributed by atoms with Crippen LogP contribution in [0.5, 0.6) is 0 Å². The van der Waals surface area contributed by atoms with Crippen molar-refractivity contribution in [3.63, 3.8) is 0 Å². The smallest absolute Gasteiger partial charge is 0.234 e. The number of carbonyl (C=O) groups excluding carboxylic acids is 1. The van der Waals surface area contributed by atoms with Gasteiger partial charge in [0.1, 0.15) is 0 Å². The van der Waals surface area contributed by atoms with Crippen molar-refractivity contribution in [2.45, 2.75) is 64.0 Å². The second kappa shape index (κ2) is 5.67. The van der Waals surface area contributed by atoms with Crippen molar-refractivity contribution in [1.82, 2.24) is 10.6 Å². The minimum absolute atomic E-state index is 0.172. The van der Waals surface area contributed by atoms with Crippen LogP contribution in [0.2, 0.25) is 0 Å². The van der Waals surface area contributed by atoms with Crippen LogP contribution in [-0.4, -0.2) is 24.5 Å². The van der Waals surface area contributed by atoms with Gasteiger partial charge in [-0.1, -0.05) is 19.3 Å². The predicted molar refractivity (Wildman–Crippen MR) is 65.2 cm³/mol. The summed E-state index contributed by atoms with van der Waals surface area (Å²) in [7, 11) is 0. The van der Waals surface area contributed by atoms with Crippen molar-refractivity contribution in [2.75, 3.05) is 6.54 Å². The van der Waals surface area contributed by atoms with Crippen LogP contribution in [0.3, 0.4) is 0 Å². The first-order valence-corrected chi connectivity index (χ1v) is 6.78. The van der Waals surface area contributed by atoms with Crippen molar-refractivity contribution >= 4 is 5.91 Å². The average molecular weight is 224 g/mol. The summed E-state index contributed by atoms with van der Waals surface area (Å²) in [6.07, 6.45) is 9.03. The van der Waals surface area contributed by atoms with Crippen molar-refractivity contribution in [2.24, 2.45) is 5.92 Å². The van der Waals surface area contributed by atoms with E-state index in [1.54, 1.807) is 0 Å². The monoisotopic (exact) mass is 224 g/mol. The Morgan fingerprint density at radius 2 is 1.88 bits per heavy atom. The first-order valence-electron chi connectivity index (χ1n) is 6.78. The van der Waals surface area contributed by atoms with Crippen LogP contribution in [0, 0.1) is 5.92 Å². The molecule has 16 heavy (non-hydrogen) atoms. The molecule has 2 saturated carbocycles. The van der Waals surface area contributed by atoms with Gasteiger partial charge in [0.15, 0.2) is 0 Å². The normalized spacial score (nSPS) is 24.1. The molecule has 0 aromatic carbocycles. The van der Waals surface area contributed by atoms with Gasteiger partial charge in [0.05, 0.1) is 6.54 Å². The maximum absolute atomic E-state index is 11.7. The van der Waals surface area contributed by atoms with E-state index in [9.17, 15) is 4.79 Å². The van der Waals surface area contributed by atoms with Gasteiger partial charge in [0.25, 0.3) is 0 Å². The molecular weight excluding hydrogens is 200 g/mol. The van der Waals surface area contributed by atoms with Crippen LogP contribution in [0.15, 0.2) is 0 Å². The lowest BCUT2D eigenvalue weighted by atomic mass is 9.80. The number of carbonyl (C=O) groups is 1. The Labute approximate surface area is 98.4 Å². The molecule has 2 aliphatic rings. The van der Waals surface area contributed by atoms with Crippen LogP contribution in [0.4, 0.5) is 0 Å². The number of nitrogens with one attached hydrogen (secondary N) is 2. The fourth-order valence-electron chi connectivity index (χ4n) is 2.73. The first-order chi connectivity index (χ1) is 7.75. The van der Waals surface area contributed by atoms with E-state index in [2.05, 4.69) is 17.6 Å². The van der Waals surface area contributed by atoms with Gasteiger partial charge in [0, 0.05) is 12.1 Å². The molecule has 0 heterocycles. The molecule has 1 amide bonds. The highest BCUT2D eigenvalue weighted by atomic mass is 16.1. The third-order valence-electron chi connectivity index (χ3n) is 4.15. The lowest BCUT2D eigenvalue weighted by Gasteiger charge is -2.32. The van der Waals surface area contributed by atoms with E-state index in [4.69, 9.17) is 0 Å². The van der Waals surface area contributed by atoms with Crippen LogP contribution in [0.1, 0.15) is 51.9 Å². The van der Waals surface area contributed by atoms with E-state index in [1.807, 2.05) is 0 Å². The zero-order valence-corrected chi connectivity index (χ0v) is 10.3. The second-order valence-electron chi connectivity index (χ2n) is 5.41.